The predicted octanol–water partition coefficient (Wildman–Crippen LogP) is 2.37. The standard InChI is InChI=1S/C22H21NO6S/c24-20(25)19-9-23(11-22(19)12-30(27,28)13-22)21(26)29-10-18-16-7-3-1-5-14(16)15-6-2-4-8-17(15)18/h1-8,18-19H,9-13H2,(H,24,25). The van der Waals surface area contributed by atoms with Gasteiger partial charge in [0.05, 0.1) is 17.4 Å². The summed E-state index contributed by atoms with van der Waals surface area (Å²) in [5.41, 5.74) is 3.55. The zero-order valence-electron chi connectivity index (χ0n) is 16.2. The summed E-state index contributed by atoms with van der Waals surface area (Å²) in [6, 6.07) is 16.0. The van der Waals surface area contributed by atoms with Gasteiger partial charge in [0.2, 0.25) is 0 Å². The summed E-state index contributed by atoms with van der Waals surface area (Å²) in [5.74, 6) is -2.42. The number of benzene rings is 2. The molecule has 1 aliphatic carbocycles. The van der Waals surface area contributed by atoms with Crippen LogP contribution in [0.2, 0.25) is 0 Å². The van der Waals surface area contributed by atoms with Gasteiger partial charge in [0.25, 0.3) is 0 Å². The van der Waals surface area contributed by atoms with Gasteiger partial charge in [-0.15, -0.1) is 0 Å². The number of nitrogens with zero attached hydrogens (tertiary/aromatic N) is 1. The van der Waals surface area contributed by atoms with E-state index >= 15 is 0 Å². The van der Waals surface area contributed by atoms with Gasteiger partial charge >= 0.3 is 12.1 Å². The number of carbonyl (C=O) groups excluding carboxylic acids is 1. The summed E-state index contributed by atoms with van der Waals surface area (Å²) in [4.78, 5) is 25.7. The fourth-order valence-electron chi connectivity index (χ4n) is 5.26. The van der Waals surface area contributed by atoms with Crippen molar-refractivity contribution < 1.29 is 27.9 Å². The van der Waals surface area contributed by atoms with Crippen molar-refractivity contribution >= 4 is 21.9 Å². The second-order valence-corrected chi connectivity index (χ2v) is 10.5. The van der Waals surface area contributed by atoms with E-state index < -0.39 is 33.2 Å². The first-order chi connectivity index (χ1) is 14.3. The van der Waals surface area contributed by atoms with Crippen molar-refractivity contribution in [1.29, 1.82) is 0 Å². The number of amides is 1. The molecule has 2 heterocycles. The Morgan fingerprint density at radius 3 is 2.13 bits per heavy atom. The summed E-state index contributed by atoms with van der Waals surface area (Å²) in [6.45, 7) is 0.216. The van der Waals surface area contributed by atoms with Crippen molar-refractivity contribution in [3.8, 4) is 11.1 Å². The van der Waals surface area contributed by atoms with E-state index in [1.165, 1.54) is 4.90 Å². The van der Waals surface area contributed by atoms with Crippen molar-refractivity contribution in [2.45, 2.75) is 5.92 Å². The lowest BCUT2D eigenvalue weighted by Crippen LogP contribution is -2.55. The van der Waals surface area contributed by atoms with Gasteiger partial charge in [-0.2, -0.15) is 0 Å². The molecule has 7 nitrogen and oxygen atoms in total. The van der Waals surface area contributed by atoms with E-state index in [1.807, 2.05) is 36.4 Å². The van der Waals surface area contributed by atoms with E-state index in [4.69, 9.17) is 4.74 Å². The summed E-state index contributed by atoms with van der Waals surface area (Å²) in [5, 5.41) is 9.53. The first-order valence-electron chi connectivity index (χ1n) is 9.83. The summed E-state index contributed by atoms with van der Waals surface area (Å²) >= 11 is 0. The Balaban J connectivity index is 1.32. The van der Waals surface area contributed by atoms with Crippen LogP contribution in [-0.2, 0) is 19.4 Å². The first-order valence-corrected chi connectivity index (χ1v) is 11.6. The van der Waals surface area contributed by atoms with E-state index in [0.717, 1.165) is 22.3 Å². The Hall–Kier alpha value is -2.87. The molecule has 0 radical (unpaired) electrons. The monoisotopic (exact) mass is 427 g/mol. The number of carboxylic acids is 1. The molecule has 0 saturated carbocycles. The second-order valence-electron chi connectivity index (χ2n) is 8.47. The van der Waals surface area contributed by atoms with Crippen LogP contribution >= 0.6 is 0 Å². The van der Waals surface area contributed by atoms with E-state index in [1.54, 1.807) is 0 Å². The van der Waals surface area contributed by atoms with Crippen LogP contribution < -0.4 is 0 Å². The number of fused-ring (bicyclic) bond motifs is 3. The lowest BCUT2D eigenvalue weighted by Gasteiger charge is -2.39. The number of sulfone groups is 1. The number of carboxylic acid groups (broad SMARTS) is 1. The third kappa shape index (κ3) is 2.89. The summed E-state index contributed by atoms with van der Waals surface area (Å²) in [6.07, 6.45) is -0.593. The van der Waals surface area contributed by atoms with Gasteiger partial charge in [-0.25, -0.2) is 13.2 Å². The Kier molecular flexibility index (Phi) is 4.18. The second kappa shape index (κ2) is 6.57. The van der Waals surface area contributed by atoms with E-state index in [2.05, 4.69) is 12.1 Å². The molecule has 0 bridgehead atoms. The molecule has 8 heteroatoms. The Bertz CT molecular complexity index is 1100. The highest BCUT2D eigenvalue weighted by atomic mass is 32.2. The fourth-order valence-corrected chi connectivity index (χ4v) is 7.51. The lowest BCUT2D eigenvalue weighted by molar-refractivity contribution is -0.144. The van der Waals surface area contributed by atoms with Gasteiger partial charge in [0.15, 0.2) is 9.84 Å². The molecule has 1 N–H and O–H groups in total. The van der Waals surface area contributed by atoms with Crippen LogP contribution in [-0.4, -0.2) is 61.7 Å². The Morgan fingerprint density at radius 2 is 1.60 bits per heavy atom. The van der Waals surface area contributed by atoms with E-state index in [9.17, 15) is 23.1 Å². The molecule has 1 unspecified atom stereocenters. The molecule has 30 heavy (non-hydrogen) atoms. The maximum atomic E-state index is 12.7. The molecule has 2 aromatic carbocycles. The Labute approximate surface area is 174 Å². The van der Waals surface area contributed by atoms with Crippen LogP contribution in [0.5, 0.6) is 0 Å². The first kappa shape index (κ1) is 19.1. The minimum atomic E-state index is -3.22. The van der Waals surface area contributed by atoms with E-state index in [-0.39, 0.29) is 37.1 Å². The van der Waals surface area contributed by atoms with Crippen molar-refractivity contribution in [3.63, 3.8) is 0 Å². The number of likely N-dealkylation sites (tertiary alicyclic amines) is 1. The van der Waals surface area contributed by atoms with Crippen molar-refractivity contribution in [2.24, 2.45) is 11.3 Å². The predicted molar refractivity (Wildman–Crippen MR) is 109 cm³/mol. The van der Waals surface area contributed by atoms with Gasteiger partial charge < -0.3 is 14.7 Å². The van der Waals surface area contributed by atoms with Gasteiger partial charge in [-0.05, 0) is 22.3 Å². The average Bonchev–Trinajstić information content (AvgIpc) is 3.22. The summed E-state index contributed by atoms with van der Waals surface area (Å²) in [7, 11) is -3.22. The molecule has 1 atom stereocenters. The minimum absolute atomic E-state index is 0.0263. The zero-order valence-corrected chi connectivity index (χ0v) is 17.0. The van der Waals surface area contributed by atoms with Crippen LogP contribution in [0.4, 0.5) is 4.79 Å². The zero-order chi connectivity index (χ0) is 21.1. The molecule has 2 aliphatic heterocycles. The highest BCUT2D eigenvalue weighted by Crippen LogP contribution is 2.47. The van der Waals surface area contributed by atoms with Gasteiger partial charge in [0, 0.05) is 24.4 Å². The highest BCUT2D eigenvalue weighted by molar-refractivity contribution is 7.92. The van der Waals surface area contributed by atoms with Crippen LogP contribution in [0.1, 0.15) is 17.0 Å². The SMILES string of the molecule is O=C(O)C1CN(C(=O)OCC2c3ccccc3-c3ccccc32)CC12CS(=O)(=O)C2. The van der Waals surface area contributed by atoms with Crippen molar-refractivity contribution in [1.82, 2.24) is 4.90 Å². The van der Waals surface area contributed by atoms with Crippen LogP contribution in [0.15, 0.2) is 48.5 Å². The number of hydrogen-bond acceptors (Lipinski definition) is 5. The van der Waals surface area contributed by atoms with Crippen LogP contribution in [0.3, 0.4) is 0 Å². The van der Waals surface area contributed by atoms with Gasteiger partial charge in [0.1, 0.15) is 6.61 Å². The molecular weight excluding hydrogens is 406 g/mol. The number of ether oxygens (including phenoxy) is 1. The number of hydrogen-bond donors (Lipinski definition) is 1. The molecule has 2 aromatic rings. The van der Waals surface area contributed by atoms with Crippen LogP contribution in [0, 0.1) is 11.3 Å². The topological polar surface area (TPSA) is 101 Å². The van der Waals surface area contributed by atoms with Gasteiger partial charge in [-0.1, -0.05) is 48.5 Å². The van der Waals surface area contributed by atoms with Crippen molar-refractivity contribution in [2.75, 3.05) is 31.2 Å². The highest BCUT2D eigenvalue weighted by Gasteiger charge is 2.61. The Morgan fingerprint density at radius 1 is 1.03 bits per heavy atom. The molecule has 2 saturated heterocycles. The largest absolute Gasteiger partial charge is 0.481 e. The molecule has 156 valence electrons. The quantitative estimate of drug-likeness (QED) is 0.807. The third-order valence-electron chi connectivity index (χ3n) is 6.56. The normalized spacial score (nSPS) is 22.9. The lowest BCUT2D eigenvalue weighted by atomic mass is 9.81. The number of aliphatic carboxylic acids is 1. The molecule has 2 fully saturated rings. The summed E-state index contributed by atoms with van der Waals surface area (Å²) < 4.78 is 29.0. The fraction of sp³-hybridized carbons (Fsp3) is 0.364. The minimum Gasteiger partial charge on any atom is -0.481 e. The number of carbonyl (C=O) groups is 2. The maximum absolute atomic E-state index is 12.7. The van der Waals surface area contributed by atoms with Crippen molar-refractivity contribution in [3.05, 3.63) is 59.7 Å². The smallest absolute Gasteiger partial charge is 0.409 e. The van der Waals surface area contributed by atoms with Crippen LogP contribution in [0.25, 0.3) is 11.1 Å². The van der Waals surface area contributed by atoms with E-state index in [0.29, 0.717) is 0 Å². The molecule has 1 spiro atoms. The molecule has 5 rings (SSSR count). The molecular formula is C22H21NO6S. The molecule has 1 amide bonds. The third-order valence-corrected chi connectivity index (χ3v) is 8.58. The molecule has 0 aromatic heterocycles. The molecule has 3 aliphatic rings. The number of rotatable bonds is 3. The maximum Gasteiger partial charge on any atom is 0.409 e. The van der Waals surface area contributed by atoms with Gasteiger partial charge in [-0.3, -0.25) is 4.79 Å². The average molecular weight is 427 g/mol.